The van der Waals surface area contributed by atoms with Crippen molar-refractivity contribution in [2.75, 3.05) is 16.8 Å². The van der Waals surface area contributed by atoms with Crippen molar-refractivity contribution in [1.82, 2.24) is 0 Å². The van der Waals surface area contributed by atoms with Crippen LogP contribution in [0.3, 0.4) is 0 Å². The fourth-order valence-corrected chi connectivity index (χ4v) is 4.18. The molecule has 3 aromatic rings. The van der Waals surface area contributed by atoms with Gasteiger partial charge in [-0.15, -0.1) is 0 Å². The highest BCUT2D eigenvalue weighted by molar-refractivity contribution is 6.04. The molecule has 0 saturated heterocycles. The number of nitrogens with one attached hydrogen (secondary N) is 1. The van der Waals surface area contributed by atoms with Crippen molar-refractivity contribution in [2.24, 2.45) is 0 Å². The predicted molar refractivity (Wildman–Crippen MR) is 123 cm³/mol. The van der Waals surface area contributed by atoms with Gasteiger partial charge in [-0.3, -0.25) is 9.59 Å². The summed E-state index contributed by atoms with van der Waals surface area (Å²) in [6, 6.07) is 26.0. The lowest BCUT2D eigenvalue weighted by atomic mass is 9.98. The first-order chi connectivity index (χ1) is 15.0. The fraction of sp³-hybridized carbons (Fsp3) is 0.231. The molecular weight excluding hydrogens is 386 g/mol. The van der Waals surface area contributed by atoms with E-state index in [4.69, 9.17) is 0 Å². The number of carbonyl (C=O) groups excluding carboxylic acids is 2. The molecule has 5 nitrogen and oxygen atoms in total. The molecule has 0 radical (unpaired) electrons. The maximum absolute atomic E-state index is 13.4. The number of carbonyl (C=O) groups is 2. The Balaban J connectivity index is 1.59. The summed E-state index contributed by atoms with van der Waals surface area (Å²) in [5.74, 6) is -0.0782. The summed E-state index contributed by atoms with van der Waals surface area (Å²) in [5.41, 5.74) is 4.96. The number of amides is 2. The summed E-state index contributed by atoms with van der Waals surface area (Å²) in [7, 11) is 0. The van der Waals surface area contributed by atoms with Gasteiger partial charge in [-0.25, -0.2) is 0 Å². The van der Waals surface area contributed by atoms with E-state index in [1.807, 2.05) is 49.4 Å². The van der Waals surface area contributed by atoms with Crippen LogP contribution < -0.4 is 15.5 Å². The number of anilines is 2. The Morgan fingerprint density at radius 2 is 1.65 bits per heavy atom. The highest BCUT2D eigenvalue weighted by Gasteiger charge is 2.31. The number of fused-ring (bicyclic) bond motifs is 1. The lowest BCUT2D eigenvalue weighted by molar-refractivity contribution is -0.676. The molecule has 1 heterocycles. The Morgan fingerprint density at radius 1 is 1.00 bits per heavy atom. The highest BCUT2D eigenvalue weighted by atomic mass is 16.2. The first kappa shape index (κ1) is 20.8. The van der Waals surface area contributed by atoms with Gasteiger partial charge in [0.1, 0.15) is 6.04 Å². The maximum Gasteiger partial charge on any atom is 0.282 e. The van der Waals surface area contributed by atoms with E-state index in [1.54, 1.807) is 4.90 Å². The van der Waals surface area contributed by atoms with Crippen LogP contribution in [-0.2, 0) is 9.59 Å². The van der Waals surface area contributed by atoms with Crippen molar-refractivity contribution in [1.29, 1.82) is 0 Å². The second-order valence-corrected chi connectivity index (χ2v) is 8.12. The number of aryl methyl sites for hydroxylation is 1. The number of rotatable bonds is 5. The van der Waals surface area contributed by atoms with Crippen LogP contribution >= 0.6 is 0 Å². The van der Waals surface area contributed by atoms with Crippen LogP contribution in [0.5, 0.6) is 0 Å². The molecule has 0 spiro atoms. The molecule has 1 aliphatic heterocycles. The average Bonchev–Trinajstić information content (AvgIpc) is 2.90. The zero-order chi connectivity index (χ0) is 21.8. The molecule has 31 heavy (non-hydrogen) atoms. The molecule has 3 aromatic carbocycles. The molecule has 2 atom stereocenters. The van der Waals surface area contributed by atoms with Gasteiger partial charge in [-0.05, 0) is 26.0 Å². The van der Waals surface area contributed by atoms with E-state index in [0.717, 1.165) is 16.8 Å². The summed E-state index contributed by atoms with van der Waals surface area (Å²) >= 11 is 0. The highest BCUT2D eigenvalue weighted by Crippen LogP contribution is 2.31. The first-order valence-electron chi connectivity index (χ1n) is 10.7. The number of benzene rings is 3. The topological polar surface area (TPSA) is 66.0 Å². The van der Waals surface area contributed by atoms with Gasteiger partial charge in [0.15, 0.2) is 6.54 Å². The third kappa shape index (κ3) is 4.67. The van der Waals surface area contributed by atoms with E-state index >= 15 is 0 Å². The largest absolute Gasteiger partial charge is 0.328 e. The molecule has 0 unspecified atom stereocenters. The molecule has 1 aliphatic rings. The Bertz CT molecular complexity index is 1060. The molecule has 4 rings (SSSR count). The molecular formula is C26H28N3O2+. The lowest BCUT2D eigenvalue weighted by Gasteiger charge is -2.28. The molecule has 0 aromatic heterocycles. The van der Waals surface area contributed by atoms with Crippen molar-refractivity contribution in [3.05, 3.63) is 95.6 Å². The minimum atomic E-state index is -0.209. The van der Waals surface area contributed by atoms with Gasteiger partial charge in [-0.1, -0.05) is 72.3 Å². The van der Waals surface area contributed by atoms with E-state index in [0.29, 0.717) is 5.69 Å². The normalized spacial score (nSPS) is 16.8. The standard InChI is InChI=1S/C26H27N3O2/c1-18-12-14-21(15-13-18)26(20-8-4-3-5-9-20)27-17-25(31)29-19(2)16-24(30)28-22-10-6-7-11-23(22)29/h3-15,19,26-27H,16-17H2,1-2H3,(H,28,30)/p+1/t19-,26-/m0/s1. The minimum absolute atomic E-state index is 0.00973. The first-order valence-corrected chi connectivity index (χ1v) is 10.7. The second-order valence-electron chi connectivity index (χ2n) is 8.12. The van der Waals surface area contributed by atoms with Crippen LogP contribution in [0.15, 0.2) is 78.9 Å². The Kier molecular flexibility index (Phi) is 6.14. The molecule has 2 amide bonds. The fourth-order valence-electron chi connectivity index (χ4n) is 4.18. The number of para-hydroxylation sites is 2. The van der Waals surface area contributed by atoms with Gasteiger partial charge >= 0.3 is 0 Å². The quantitative estimate of drug-likeness (QED) is 0.672. The summed E-state index contributed by atoms with van der Waals surface area (Å²) in [6.45, 7) is 4.27. The van der Waals surface area contributed by atoms with Gasteiger partial charge in [0, 0.05) is 23.6 Å². The Labute approximate surface area is 183 Å². The number of hydrogen-bond acceptors (Lipinski definition) is 2. The number of quaternary nitrogens is 1. The van der Waals surface area contributed by atoms with E-state index in [1.165, 1.54) is 5.56 Å². The summed E-state index contributed by atoms with van der Waals surface area (Å²) in [6.07, 6.45) is 0.278. The monoisotopic (exact) mass is 414 g/mol. The summed E-state index contributed by atoms with van der Waals surface area (Å²) < 4.78 is 0. The predicted octanol–water partition coefficient (Wildman–Crippen LogP) is 3.41. The third-order valence-corrected chi connectivity index (χ3v) is 5.75. The maximum atomic E-state index is 13.4. The van der Waals surface area contributed by atoms with Crippen LogP contribution in [0.1, 0.15) is 36.1 Å². The average molecular weight is 415 g/mol. The molecule has 3 N–H and O–H groups in total. The summed E-state index contributed by atoms with van der Waals surface area (Å²) in [4.78, 5) is 27.4. The van der Waals surface area contributed by atoms with Gasteiger partial charge in [0.2, 0.25) is 5.91 Å². The van der Waals surface area contributed by atoms with Crippen molar-refractivity contribution in [3.63, 3.8) is 0 Å². The van der Waals surface area contributed by atoms with E-state index < -0.39 is 0 Å². The Hall–Kier alpha value is -3.44. The molecule has 158 valence electrons. The van der Waals surface area contributed by atoms with Gasteiger partial charge in [-0.2, -0.15) is 0 Å². The second kappa shape index (κ2) is 9.14. The molecule has 0 saturated carbocycles. The molecule has 0 aliphatic carbocycles. The van der Waals surface area contributed by atoms with Crippen molar-refractivity contribution in [2.45, 2.75) is 32.4 Å². The lowest BCUT2D eigenvalue weighted by Crippen LogP contribution is -2.88. The number of nitrogens with zero attached hydrogens (tertiary/aromatic N) is 1. The third-order valence-electron chi connectivity index (χ3n) is 5.75. The van der Waals surface area contributed by atoms with Crippen molar-refractivity contribution < 1.29 is 14.9 Å². The zero-order valence-corrected chi connectivity index (χ0v) is 17.9. The molecule has 0 fully saturated rings. The van der Waals surface area contributed by atoms with E-state index in [2.05, 4.69) is 54.0 Å². The van der Waals surface area contributed by atoms with Crippen LogP contribution in [0.2, 0.25) is 0 Å². The van der Waals surface area contributed by atoms with E-state index in [9.17, 15) is 9.59 Å². The van der Waals surface area contributed by atoms with Crippen LogP contribution in [0.25, 0.3) is 0 Å². The van der Waals surface area contributed by atoms with Crippen molar-refractivity contribution in [3.8, 4) is 0 Å². The SMILES string of the molecule is Cc1ccc([C@@H]([NH2+]CC(=O)N2c3ccccc3NC(=O)C[C@@H]2C)c2ccccc2)cc1. The Morgan fingerprint density at radius 3 is 2.39 bits per heavy atom. The smallest absolute Gasteiger partial charge is 0.282 e. The summed E-state index contributed by atoms with van der Waals surface area (Å²) in [5, 5.41) is 5.00. The molecule has 5 heteroatoms. The van der Waals surface area contributed by atoms with Crippen molar-refractivity contribution >= 4 is 23.2 Å². The van der Waals surface area contributed by atoms with E-state index in [-0.39, 0.29) is 36.9 Å². The number of nitrogens with two attached hydrogens (primary N) is 1. The molecule has 0 bridgehead atoms. The zero-order valence-electron chi connectivity index (χ0n) is 17.9. The van der Waals surface area contributed by atoms with Gasteiger partial charge in [0.05, 0.1) is 11.4 Å². The van der Waals surface area contributed by atoms with Gasteiger partial charge < -0.3 is 15.5 Å². The van der Waals surface area contributed by atoms with Crippen LogP contribution in [-0.4, -0.2) is 24.4 Å². The minimum Gasteiger partial charge on any atom is -0.328 e. The van der Waals surface area contributed by atoms with Crippen LogP contribution in [0, 0.1) is 6.92 Å². The van der Waals surface area contributed by atoms with Gasteiger partial charge in [0.25, 0.3) is 5.91 Å². The van der Waals surface area contributed by atoms with Crippen LogP contribution in [0.4, 0.5) is 11.4 Å². The number of hydrogen-bond donors (Lipinski definition) is 2.